The van der Waals surface area contributed by atoms with Gasteiger partial charge in [-0.25, -0.2) is 4.98 Å². The smallest absolute Gasteiger partial charge is 0.271 e. The summed E-state index contributed by atoms with van der Waals surface area (Å²) in [6.07, 6.45) is 6.86. The Morgan fingerprint density at radius 3 is 2.53 bits per heavy atom. The lowest BCUT2D eigenvalue weighted by Gasteiger charge is -2.39. The Morgan fingerprint density at radius 1 is 1.20 bits per heavy atom. The highest BCUT2D eigenvalue weighted by Crippen LogP contribution is 2.36. The van der Waals surface area contributed by atoms with Crippen LogP contribution in [0.25, 0.3) is 0 Å². The second-order valence-electron chi connectivity index (χ2n) is 8.02. The van der Waals surface area contributed by atoms with E-state index in [1.165, 1.54) is 6.20 Å². The number of carbonyl (C=O) groups is 2. The van der Waals surface area contributed by atoms with Crippen LogP contribution in [-0.2, 0) is 11.2 Å². The Morgan fingerprint density at radius 2 is 1.93 bits per heavy atom. The number of ether oxygens (including phenoxy) is 1. The van der Waals surface area contributed by atoms with Crippen molar-refractivity contribution in [3.05, 3.63) is 52.6 Å². The van der Waals surface area contributed by atoms with Gasteiger partial charge in [0.25, 0.3) is 5.91 Å². The van der Waals surface area contributed by atoms with Crippen LogP contribution >= 0.6 is 11.6 Å². The van der Waals surface area contributed by atoms with E-state index in [9.17, 15) is 9.59 Å². The summed E-state index contributed by atoms with van der Waals surface area (Å²) in [5.41, 5.74) is 1.97. The number of nitrogens with zero attached hydrogens (tertiary/aromatic N) is 3. The van der Waals surface area contributed by atoms with E-state index in [4.69, 9.17) is 16.3 Å². The number of nitrogens with one attached hydrogen (secondary N) is 1. The van der Waals surface area contributed by atoms with E-state index in [1.807, 2.05) is 17.9 Å². The second-order valence-corrected chi connectivity index (χ2v) is 8.42. The molecule has 2 amide bonds. The van der Waals surface area contributed by atoms with Gasteiger partial charge in [0, 0.05) is 24.3 Å². The molecule has 1 aromatic carbocycles. The number of hydrogen-bond donors (Lipinski definition) is 1. The normalized spacial score (nSPS) is 22.6. The summed E-state index contributed by atoms with van der Waals surface area (Å²) < 4.78 is 5.18. The number of aromatic nitrogens is 2. The average Bonchev–Trinajstić information content (AvgIpc) is 2.99. The van der Waals surface area contributed by atoms with Gasteiger partial charge in [-0.1, -0.05) is 17.7 Å². The molecule has 30 heavy (non-hydrogen) atoms. The molecular formula is C22H25ClN4O3. The summed E-state index contributed by atoms with van der Waals surface area (Å²) in [5.74, 6) is 0.500. The standard InChI is InChI=1S/C22H25ClN4O3/c1-13-11-25-19(12-24-13)22(29)26-15-9-16-4-5-17(10-15)27(16)21(28)8-14-3-6-20(30-2)18(23)7-14/h3,6-7,11-12,15-17H,4-5,8-10H2,1-2H3,(H,26,29). The highest BCUT2D eigenvalue weighted by Gasteiger charge is 2.43. The lowest BCUT2D eigenvalue weighted by Crippen LogP contribution is -2.52. The predicted octanol–water partition coefficient (Wildman–Crippen LogP) is 2.94. The molecule has 0 spiro atoms. The summed E-state index contributed by atoms with van der Waals surface area (Å²) >= 11 is 6.20. The van der Waals surface area contributed by atoms with Gasteiger partial charge in [0.05, 0.1) is 30.4 Å². The minimum absolute atomic E-state index is 0.0394. The minimum atomic E-state index is -0.209. The van der Waals surface area contributed by atoms with Gasteiger partial charge in [0.15, 0.2) is 0 Å². The first-order valence-corrected chi connectivity index (χ1v) is 10.6. The molecule has 8 heteroatoms. The number of aryl methyl sites for hydroxylation is 1. The number of benzene rings is 1. The third-order valence-corrected chi connectivity index (χ3v) is 6.24. The highest BCUT2D eigenvalue weighted by molar-refractivity contribution is 6.32. The van der Waals surface area contributed by atoms with Crippen molar-refractivity contribution in [1.29, 1.82) is 0 Å². The Bertz CT molecular complexity index is 936. The van der Waals surface area contributed by atoms with Crippen LogP contribution in [0.15, 0.2) is 30.6 Å². The van der Waals surface area contributed by atoms with Crippen molar-refractivity contribution in [2.75, 3.05) is 7.11 Å². The van der Waals surface area contributed by atoms with E-state index in [1.54, 1.807) is 25.4 Å². The molecule has 4 rings (SSSR count). The van der Waals surface area contributed by atoms with Crippen molar-refractivity contribution in [3.63, 3.8) is 0 Å². The lowest BCUT2D eigenvalue weighted by atomic mass is 9.96. The molecule has 2 bridgehead atoms. The molecule has 1 aromatic heterocycles. The quantitative estimate of drug-likeness (QED) is 0.791. The minimum Gasteiger partial charge on any atom is -0.495 e. The topological polar surface area (TPSA) is 84.4 Å². The van der Waals surface area contributed by atoms with Crippen LogP contribution in [0.5, 0.6) is 5.75 Å². The van der Waals surface area contributed by atoms with E-state index in [-0.39, 0.29) is 29.9 Å². The fraction of sp³-hybridized carbons (Fsp3) is 0.455. The Balaban J connectivity index is 1.37. The third kappa shape index (κ3) is 4.26. The number of halogens is 1. The summed E-state index contributed by atoms with van der Waals surface area (Å²) in [6, 6.07) is 5.79. The second kappa shape index (κ2) is 8.60. The number of carbonyl (C=O) groups excluding carboxylic acids is 2. The van der Waals surface area contributed by atoms with Crippen LogP contribution in [0.4, 0.5) is 0 Å². The van der Waals surface area contributed by atoms with Crippen LogP contribution in [0, 0.1) is 6.92 Å². The van der Waals surface area contributed by atoms with Crippen molar-refractivity contribution in [3.8, 4) is 5.75 Å². The summed E-state index contributed by atoms with van der Waals surface area (Å²) in [7, 11) is 1.57. The van der Waals surface area contributed by atoms with Gasteiger partial charge in [-0.3, -0.25) is 14.6 Å². The monoisotopic (exact) mass is 428 g/mol. The molecule has 2 unspecified atom stereocenters. The van der Waals surface area contributed by atoms with Crippen molar-refractivity contribution in [2.45, 2.75) is 57.2 Å². The molecule has 2 aromatic rings. The predicted molar refractivity (Wildman–Crippen MR) is 113 cm³/mol. The molecule has 2 aliphatic heterocycles. The number of methoxy groups -OCH3 is 1. The first-order valence-electron chi connectivity index (χ1n) is 10.2. The molecule has 2 fully saturated rings. The van der Waals surface area contributed by atoms with Gasteiger partial charge >= 0.3 is 0 Å². The van der Waals surface area contributed by atoms with Crippen molar-refractivity contribution in [2.24, 2.45) is 0 Å². The Kier molecular flexibility index (Phi) is 5.90. The fourth-order valence-electron chi connectivity index (χ4n) is 4.56. The van der Waals surface area contributed by atoms with Crippen LogP contribution < -0.4 is 10.1 Å². The maximum atomic E-state index is 13.0. The van der Waals surface area contributed by atoms with Gasteiger partial charge < -0.3 is 15.0 Å². The lowest BCUT2D eigenvalue weighted by molar-refractivity contribution is -0.135. The van der Waals surface area contributed by atoms with E-state index < -0.39 is 0 Å². The third-order valence-electron chi connectivity index (χ3n) is 5.94. The van der Waals surface area contributed by atoms with Gasteiger partial charge in [0.1, 0.15) is 11.4 Å². The molecule has 2 aliphatic rings. The molecule has 2 atom stereocenters. The first-order chi connectivity index (χ1) is 14.4. The zero-order valence-electron chi connectivity index (χ0n) is 17.1. The number of piperidine rings is 1. The van der Waals surface area contributed by atoms with Gasteiger partial charge in [0.2, 0.25) is 5.91 Å². The summed E-state index contributed by atoms with van der Waals surface area (Å²) in [4.78, 5) is 35.8. The highest BCUT2D eigenvalue weighted by atomic mass is 35.5. The van der Waals surface area contributed by atoms with E-state index in [0.717, 1.165) is 36.9 Å². The fourth-order valence-corrected chi connectivity index (χ4v) is 4.84. The van der Waals surface area contributed by atoms with E-state index in [2.05, 4.69) is 15.3 Å². The number of rotatable bonds is 5. The first kappa shape index (κ1) is 20.6. The van der Waals surface area contributed by atoms with Gasteiger partial charge in [-0.05, 0) is 50.3 Å². The molecule has 0 aliphatic carbocycles. The van der Waals surface area contributed by atoms with Crippen molar-refractivity contribution >= 4 is 23.4 Å². The van der Waals surface area contributed by atoms with E-state index in [0.29, 0.717) is 22.9 Å². The largest absolute Gasteiger partial charge is 0.495 e. The Labute approximate surface area is 180 Å². The number of fused-ring (bicyclic) bond motifs is 2. The van der Waals surface area contributed by atoms with Crippen LogP contribution in [-0.4, -0.2) is 51.9 Å². The molecule has 1 N–H and O–H groups in total. The zero-order valence-corrected chi connectivity index (χ0v) is 17.9. The summed E-state index contributed by atoms with van der Waals surface area (Å²) in [6.45, 7) is 1.83. The molecular weight excluding hydrogens is 404 g/mol. The number of hydrogen-bond acceptors (Lipinski definition) is 5. The maximum absolute atomic E-state index is 13.0. The summed E-state index contributed by atoms with van der Waals surface area (Å²) in [5, 5.41) is 3.58. The SMILES string of the molecule is COc1ccc(CC(=O)N2C3CCC2CC(NC(=O)c2cnc(C)cn2)C3)cc1Cl. The van der Waals surface area contributed by atoms with E-state index >= 15 is 0 Å². The molecule has 0 radical (unpaired) electrons. The molecule has 7 nitrogen and oxygen atoms in total. The maximum Gasteiger partial charge on any atom is 0.271 e. The van der Waals surface area contributed by atoms with Crippen molar-refractivity contribution in [1.82, 2.24) is 20.2 Å². The molecule has 0 saturated carbocycles. The van der Waals surface area contributed by atoms with Crippen LogP contribution in [0.1, 0.15) is 47.4 Å². The van der Waals surface area contributed by atoms with Crippen molar-refractivity contribution < 1.29 is 14.3 Å². The molecule has 3 heterocycles. The van der Waals surface area contributed by atoms with Crippen LogP contribution in [0.3, 0.4) is 0 Å². The molecule has 158 valence electrons. The van der Waals surface area contributed by atoms with Gasteiger partial charge in [-0.15, -0.1) is 0 Å². The van der Waals surface area contributed by atoms with Gasteiger partial charge in [-0.2, -0.15) is 0 Å². The Hall–Kier alpha value is -2.67. The van der Waals surface area contributed by atoms with Crippen LogP contribution in [0.2, 0.25) is 5.02 Å². The number of amides is 2. The molecule has 2 saturated heterocycles. The average molecular weight is 429 g/mol. The zero-order chi connectivity index (χ0) is 21.3.